The standard InChI is InChI=1S/C10H12INO3/c1-7(12-10(13)14)6-15-9-4-2-8(11)3-5-9/h2-5,7,12H,6H2,1H3,(H,13,14). The molecule has 1 unspecified atom stereocenters. The lowest BCUT2D eigenvalue weighted by Crippen LogP contribution is -2.35. The van der Waals surface area contributed by atoms with Gasteiger partial charge in [-0.05, 0) is 53.8 Å². The number of hydrogen-bond acceptors (Lipinski definition) is 2. The number of hydrogen-bond donors (Lipinski definition) is 2. The molecule has 0 radical (unpaired) electrons. The van der Waals surface area contributed by atoms with E-state index < -0.39 is 6.09 Å². The highest BCUT2D eigenvalue weighted by Crippen LogP contribution is 2.13. The molecule has 0 saturated carbocycles. The lowest BCUT2D eigenvalue weighted by atomic mass is 10.3. The maximum atomic E-state index is 10.3. The zero-order valence-electron chi connectivity index (χ0n) is 8.24. The number of ether oxygens (including phenoxy) is 1. The second-order valence-electron chi connectivity index (χ2n) is 3.12. The van der Waals surface area contributed by atoms with Crippen molar-refractivity contribution in [1.82, 2.24) is 5.32 Å². The maximum Gasteiger partial charge on any atom is 0.404 e. The molecule has 5 heteroatoms. The van der Waals surface area contributed by atoms with Crippen molar-refractivity contribution in [2.45, 2.75) is 13.0 Å². The first kappa shape index (κ1) is 12.1. The molecule has 0 aromatic heterocycles. The van der Waals surface area contributed by atoms with Crippen LogP contribution in [0.2, 0.25) is 0 Å². The molecule has 1 atom stereocenters. The van der Waals surface area contributed by atoms with Crippen molar-refractivity contribution in [3.05, 3.63) is 27.8 Å². The normalized spacial score (nSPS) is 11.9. The Bertz CT molecular complexity index is 326. The molecule has 1 aromatic rings. The monoisotopic (exact) mass is 321 g/mol. The molecule has 1 amide bonds. The Morgan fingerprint density at radius 1 is 1.53 bits per heavy atom. The van der Waals surface area contributed by atoms with Crippen LogP contribution in [0.1, 0.15) is 6.92 Å². The van der Waals surface area contributed by atoms with Gasteiger partial charge in [0.15, 0.2) is 0 Å². The summed E-state index contributed by atoms with van der Waals surface area (Å²) in [5, 5.41) is 10.8. The number of nitrogens with one attached hydrogen (secondary N) is 1. The van der Waals surface area contributed by atoms with Gasteiger partial charge < -0.3 is 15.2 Å². The van der Waals surface area contributed by atoms with Crippen LogP contribution < -0.4 is 10.1 Å². The van der Waals surface area contributed by atoms with Crippen LogP contribution in [0.25, 0.3) is 0 Å². The van der Waals surface area contributed by atoms with Crippen LogP contribution in [0, 0.1) is 3.57 Å². The van der Waals surface area contributed by atoms with E-state index in [1.54, 1.807) is 6.92 Å². The Balaban J connectivity index is 2.36. The van der Waals surface area contributed by atoms with Gasteiger partial charge in [-0.25, -0.2) is 4.79 Å². The smallest absolute Gasteiger partial charge is 0.404 e. The molecular formula is C10H12INO3. The molecule has 0 spiro atoms. The molecule has 0 aliphatic heterocycles. The number of halogens is 1. The van der Waals surface area contributed by atoms with Crippen LogP contribution in [0.3, 0.4) is 0 Å². The SMILES string of the molecule is CC(COc1ccc(I)cc1)NC(=O)O. The number of carboxylic acid groups (broad SMARTS) is 1. The molecule has 0 aliphatic carbocycles. The highest BCUT2D eigenvalue weighted by molar-refractivity contribution is 14.1. The third-order valence-corrected chi connectivity index (χ3v) is 2.40. The summed E-state index contributed by atoms with van der Waals surface area (Å²) in [6.07, 6.45) is -1.03. The summed E-state index contributed by atoms with van der Waals surface area (Å²) in [7, 11) is 0. The van der Waals surface area contributed by atoms with Crippen molar-refractivity contribution < 1.29 is 14.6 Å². The molecule has 82 valence electrons. The van der Waals surface area contributed by atoms with Gasteiger partial charge >= 0.3 is 6.09 Å². The van der Waals surface area contributed by atoms with Crippen LogP contribution in [0.15, 0.2) is 24.3 Å². The fourth-order valence-corrected chi connectivity index (χ4v) is 1.36. The highest BCUT2D eigenvalue weighted by atomic mass is 127. The number of rotatable bonds is 4. The second-order valence-corrected chi connectivity index (χ2v) is 4.36. The quantitative estimate of drug-likeness (QED) is 0.837. The van der Waals surface area contributed by atoms with Gasteiger partial charge in [0.25, 0.3) is 0 Å². The first-order chi connectivity index (χ1) is 7.08. The zero-order chi connectivity index (χ0) is 11.3. The van der Waals surface area contributed by atoms with Gasteiger partial charge in [0, 0.05) is 3.57 Å². The number of amides is 1. The molecule has 1 aromatic carbocycles. The van der Waals surface area contributed by atoms with Crippen LogP contribution >= 0.6 is 22.6 Å². The summed E-state index contributed by atoms with van der Waals surface area (Å²) in [4.78, 5) is 10.3. The Morgan fingerprint density at radius 3 is 2.67 bits per heavy atom. The van der Waals surface area contributed by atoms with Crippen LogP contribution in [0.4, 0.5) is 4.79 Å². The largest absolute Gasteiger partial charge is 0.491 e. The molecule has 0 saturated heterocycles. The second kappa shape index (κ2) is 5.79. The summed E-state index contributed by atoms with van der Waals surface area (Å²) < 4.78 is 6.53. The van der Waals surface area contributed by atoms with Crippen molar-refractivity contribution >= 4 is 28.7 Å². The summed E-state index contributed by atoms with van der Waals surface area (Å²) in [6, 6.07) is 7.36. The predicted octanol–water partition coefficient (Wildman–Crippen LogP) is 2.33. The molecule has 0 fully saturated rings. The van der Waals surface area contributed by atoms with Gasteiger partial charge in [-0.3, -0.25) is 0 Å². The van der Waals surface area contributed by atoms with E-state index in [1.165, 1.54) is 0 Å². The van der Waals surface area contributed by atoms with E-state index >= 15 is 0 Å². The Kier molecular flexibility index (Phi) is 4.67. The predicted molar refractivity (Wildman–Crippen MR) is 65.3 cm³/mol. The molecule has 2 N–H and O–H groups in total. The van der Waals surface area contributed by atoms with Crippen molar-refractivity contribution in [3.63, 3.8) is 0 Å². The maximum absolute atomic E-state index is 10.3. The van der Waals surface area contributed by atoms with Gasteiger partial charge in [0.2, 0.25) is 0 Å². The molecule has 0 heterocycles. The molecule has 4 nitrogen and oxygen atoms in total. The van der Waals surface area contributed by atoms with E-state index in [2.05, 4.69) is 27.9 Å². The van der Waals surface area contributed by atoms with Gasteiger partial charge in [0.05, 0.1) is 6.04 Å². The average molecular weight is 321 g/mol. The van der Waals surface area contributed by atoms with E-state index in [0.717, 1.165) is 9.32 Å². The average Bonchev–Trinajstić information content (AvgIpc) is 2.16. The number of benzene rings is 1. The van der Waals surface area contributed by atoms with Crippen LogP contribution in [0.5, 0.6) is 5.75 Å². The third-order valence-electron chi connectivity index (χ3n) is 1.68. The Labute approximate surface area is 102 Å². The lowest BCUT2D eigenvalue weighted by Gasteiger charge is -2.12. The van der Waals surface area contributed by atoms with Crippen molar-refractivity contribution in [2.75, 3.05) is 6.61 Å². The fraction of sp³-hybridized carbons (Fsp3) is 0.300. The summed E-state index contributed by atoms with van der Waals surface area (Å²) in [6.45, 7) is 2.08. The van der Waals surface area contributed by atoms with E-state index in [-0.39, 0.29) is 6.04 Å². The van der Waals surface area contributed by atoms with Crippen LogP contribution in [-0.4, -0.2) is 23.8 Å². The minimum Gasteiger partial charge on any atom is -0.491 e. The fourth-order valence-electron chi connectivity index (χ4n) is 1.00. The van der Waals surface area contributed by atoms with Gasteiger partial charge in [0.1, 0.15) is 12.4 Å². The third kappa shape index (κ3) is 4.87. The van der Waals surface area contributed by atoms with E-state index in [9.17, 15) is 4.79 Å². The van der Waals surface area contributed by atoms with Crippen molar-refractivity contribution in [1.29, 1.82) is 0 Å². The Morgan fingerprint density at radius 2 is 2.13 bits per heavy atom. The summed E-state index contributed by atoms with van der Waals surface area (Å²) >= 11 is 2.21. The minimum absolute atomic E-state index is 0.221. The number of carbonyl (C=O) groups is 1. The summed E-state index contributed by atoms with van der Waals surface area (Å²) in [5.74, 6) is 0.745. The van der Waals surface area contributed by atoms with Gasteiger partial charge in [-0.1, -0.05) is 0 Å². The van der Waals surface area contributed by atoms with E-state index in [1.807, 2.05) is 24.3 Å². The molecule has 0 bridgehead atoms. The van der Waals surface area contributed by atoms with E-state index in [0.29, 0.717) is 6.61 Å². The van der Waals surface area contributed by atoms with Crippen molar-refractivity contribution in [3.8, 4) is 5.75 Å². The van der Waals surface area contributed by atoms with Crippen LogP contribution in [-0.2, 0) is 0 Å². The first-order valence-corrected chi connectivity index (χ1v) is 5.53. The van der Waals surface area contributed by atoms with Gasteiger partial charge in [-0.15, -0.1) is 0 Å². The zero-order valence-corrected chi connectivity index (χ0v) is 10.4. The molecule has 15 heavy (non-hydrogen) atoms. The molecule has 1 rings (SSSR count). The topological polar surface area (TPSA) is 58.6 Å². The van der Waals surface area contributed by atoms with Gasteiger partial charge in [-0.2, -0.15) is 0 Å². The summed E-state index contributed by atoms with van der Waals surface area (Å²) in [5.41, 5.74) is 0. The Hall–Kier alpha value is -0.980. The minimum atomic E-state index is -1.03. The van der Waals surface area contributed by atoms with E-state index in [4.69, 9.17) is 9.84 Å². The first-order valence-electron chi connectivity index (χ1n) is 4.46. The lowest BCUT2D eigenvalue weighted by molar-refractivity contribution is 0.183. The molecular weight excluding hydrogens is 309 g/mol. The highest BCUT2D eigenvalue weighted by Gasteiger charge is 2.05. The van der Waals surface area contributed by atoms with Crippen molar-refractivity contribution in [2.24, 2.45) is 0 Å². The molecule has 0 aliphatic rings.